The first kappa shape index (κ1) is 17.5. The molecular weight excluding hydrogens is 283 g/mol. The second-order valence-electron chi connectivity index (χ2n) is 5.36. The molecule has 21 heavy (non-hydrogen) atoms. The number of benzene rings is 1. The minimum absolute atomic E-state index is 0.298. The van der Waals surface area contributed by atoms with Gasteiger partial charge in [0.2, 0.25) is 0 Å². The van der Waals surface area contributed by atoms with Gasteiger partial charge >= 0.3 is 12.1 Å². The summed E-state index contributed by atoms with van der Waals surface area (Å²) < 4.78 is 41.9. The van der Waals surface area contributed by atoms with Gasteiger partial charge in [0.15, 0.2) is 0 Å². The van der Waals surface area contributed by atoms with Crippen LogP contribution in [0.15, 0.2) is 24.3 Å². The lowest BCUT2D eigenvalue weighted by Gasteiger charge is -2.29. The van der Waals surface area contributed by atoms with E-state index in [4.69, 9.17) is 0 Å². The first-order valence-corrected chi connectivity index (χ1v) is 6.61. The van der Waals surface area contributed by atoms with Gasteiger partial charge in [-0.05, 0) is 24.0 Å². The van der Waals surface area contributed by atoms with Gasteiger partial charge in [0.1, 0.15) is 5.54 Å². The van der Waals surface area contributed by atoms with Crippen LogP contribution in [0, 0.1) is 0 Å². The van der Waals surface area contributed by atoms with Crippen molar-refractivity contribution in [3.05, 3.63) is 35.4 Å². The highest BCUT2D eigenvalue weighted by molar-refractivity contribution is 5.82. The van der Waals surface area contributed by atoms with Gasteiger partial charge < -0.3 is 4.74 Å². The van der Waals surface area contributed by atoms with Crippen LogP contribution in [0.4, 0.5) is 13.2 Å². The van der Waals surface area contributed by atoms with Crippen LogP contribution in [0.5, 0.6) is 0 Å². The van der Waals surface area contributed by atoms with Crippen molar-refractivity contribution in [3.63, 3.8) is 0 Å². The van der Waals surface area contributed by atoms with E-state index in [0.29, 0.717) is 11.5 Å². The summed E-state index contributed by atoms with van der Waals surface area (Å²) in [4.78, 5) is 11.9. The largest absolute Gasteiger partial charge is 0.467 e. The SMILES string of the molecule is COC(=O)C(C)(NCC(F)(F)F)c1ccc(C(C)C)cc1. The molecule has 0 spiro atoms. The second-order valence-corrected chi connectivity index (χ2v) is 5.36. The summed E-state index contributed by atoms with van der Waals surface area (Å²) >= 11 is 0. The molecule has 118 valence electrons. The summed E-state index contributed by atoms with van der Waals surface area (Å²) in [5.74, 6) is -0.462. The molecule has 1 aromatic rings. The molecule has 0 amide bonds. The molecule has 0 bridgehead atoms. The van der Waals surface area contributed by atoms with E-state index in [2.05, 4.69) is 10.1 Å². The predicted octanol–water partition coefficient (Wildman–Crippen LogP) is 3.35. The number of carbonyl (C=O) groups excluding carboxylic acids is 1. The van der Waals surface area contributed by atoms with E-state index >= 15 is 0 Å². The third-order valence-corrected chi connectivity index (χ3v) is 3.39. The highest BCUT2D eigenvalue weighted by Gasteiger charge is 2.40. The monoisotopic (exact) mass is 303 g/mol. The fraction of sp³-hybridized carbons (Fsp3) is 0.533. The molecule has 0 saturated heterocycles. The summed E-state index contributed by atoms with van der Waals surface area (Å²) in [6, 6.07) is 6.90. The van der Waals surface area contributed by atoms with E-state index in [1.54, 1.807) is 24.3 Å². The van der Waals surface area contributed by atoms with Crippen molar-refractivity contribution in [1.82, 2.24) is 5.32 Å². The number of esters is 1. The Labute approximate surface area is 122 Å². The molecule has 0 fully saturated rings. The summed E-state index contributed by atoms with van der Waals surface area (Å²) in [5.41, 5.74) is -0.0652. The van der Waals surface area contributed by atoms with Crippen LogP contribution in [0.3, 0.4) is 0 Å². The number of nitrogens with one attached hydrogen (secondary N) is 1. The smallest absolute Gasteiger partial charge is 0.401 e. The number of methoxy groups -OCH3 is 1. The number of carbonyl (C=O) groups is 1. The number of hydrogen-bond acceptors (Lipinski definition) is 3. The Morgan fingerprint density at radius 1 is 1.24 bits per heavy atom. The Bertz CT molecular complexity index is 483. The Morgan fingerprint density at radius 3 is 2.14 bits per heavy atom. The van der Waals surface area contributed by atoms with Crippen molar-refractivity contribution in [3.8, 4) is 0 Å². The summed E-state index contributed by atoms with van der Waals surface area (Å²) in [7, 11) is 1.15. The maximum absolute atomic E-state index is 12.4. The molecule has 1 rings (SSSR count). The molecule has 0 radical (unpaired) electrons. The fourth-order valence-corrected chi connectivity index (χ4v) is 1.97. The molecule has 1 N–H and O–H groups in total. The van der Waals surface area contributed by atoms with Gasteiger partial charge in [-0.2, -0.15) is 13.2 Å². The maximum atomic E-state index is 12.4. The summed E-state index contributed by atoms with van der Waals surface area (Å²) in [5, 5.41) is 2.25. The van der Waals surface area contributed by atoms with E-state index in [1.807, 2.05) is 13.8 Å². The third kappa shape index (κ3) is 4.46. The van der Waals surface area contributed by atoms with Crippen LogP contribution in [-0.2, 0) is 15.1 Å². The number of hydrogen-bond donors (Lipinski definition) is 1. The number of halogens is 3. The van der Waals surface area contributed by atoms with Crippen LogP contribution in [0.2, 0.25) is 0 Å². The quantitative estimate of drug-likeness (QED) is 0.848. The molecule has 0 heterocycles. The standard InChI is InChI=1S/C15H20F3NO2/c1-10(2)11-5-7-12(8-6-11)14(3,13(20)21-4)19-9-15(16,17)18/h5-8,10,19H,9H2,1-4H3. The van der Waals surface area contributed by atoms with Crippen LogP contribution >= 0.6 is 0 Å². The van der Waals surface area contributed by atoms with Crippen molar-refractivity contribution in [2.45, 2.75) is 38.4 Å². The minimum atomic E-state index is -4.41. The van der Waals surface area contributed by atoms with Gasteiger partial charge in [-0.1, -0.05) is 38.1 Å². The fourth-order valence-electron chi connectivity index (χ4n) is 1.97. The van der Waals surface area contributed by atoms with E-state index in [0.717, 1.165) is 12.7 Å². The molecule has 1 unspecified atom stereocenters. The average molecular weight is 303 g/mol. The first-order valence-electron chi connectivity index (χ1n) is 6.61. The number of alkyl halides is 3. The first-order chi connectivity index (χ1) is 9.60. The molecule has 3 nitrogen and oxygen atoms in total. The molecule has 0 aliphatic heterocycles. The predicted molar refractivity (Wildman–Crippen MR) is 74.0 cm³/mol. The zero-order chi connectivity index (χ0) is 16.3. The molecular formula is C15H20F3NO2. The van der Waals surface area contributed by atoms with Crippen molar-refractivity contribution >= 4 is 5.97 Å². The zero-order valence-corrected chi connectivity index (χ0v) is 12.5. The zero-order valence-electron chi connectivity index (χ0n) is 12.5. The highest BCUT2D eigenvalue weighted by atomic mass is 19.4. The molecule has 1 aromatic carbocycles. The average Bonchev–Trinajstić information content (AvgIpc) is 2.43. The van der Waals surface area contributed by atoms with Crippen LogP contribution < -0.4 is 5.32 Å². The second kappa shape index (κ2) is 6.47. The van der Waals surface area contributed by atoms with E-state index in [1.165, 1.54) is 6.92 Å². The van der Waals surface area contributed by atoms with E-state index < -0.39 is 24.2 Å². The van der Waals surface area contributed by atoms with Crippen molar-refractivity contribution in [2.24, 2.45) is 0 Å². The minimum Gasteiger partial charge on any atom is -0.467 e. The van der Waals surface area contributed by atoms with Crippen LogP contribution in [0.25, 0.3) is 0 Å². The van der Waals surface area contributed by atoms with Crippen molar-refractivity contribution in [1.29, 1.82) is 0 Å². The van der Waals surface area contributed by atoms with Gasteiger partial charge in [-0.25, -0.2) is 4.79 Å². The summed E-state index contributed by atoms with van der Waals surface area (Å²) in [6.45, 7) is 4.13. The number of rotatable bonds is 5. The molecule has 1 atom stereocenters. The van der Waals surface area contributed by atoms with E-state index in [-0.39, 0.29) is 0 Å². The van der Waals surface area contributed by atoms with Crippen LogP contribution in [-0.4, -0.2) is 25.8 Å². The van der Waals surface area contributed by atoms with Crippen molar-refractivity contribution in [2.75, 3.05) is 13.7 Å². The lowest BCUT2D eigenvalue weighted by atomic mass is 9.90. The number of ether oxygens (including phenoxy) is 1. The van der Waals surface area contributed by atoms with Gasteiger partial charge in [0.25, 0.3) is 0 Å². The van der Waals surface area contributed by atoms with Gasteiger partial charge in [0.05, 0.1) is 13.7 Å². The van der Waals surface area contributed by atoms with Gasteiger partial charge in [-0.3, -0.25) is 5.32 Å². The van der Waals surface area contributed by atoms with Crippen LogP contribution in [0.1, 0.15) is 37.8 Å². The van der Waals surface area contributed by atoms with E-state index in [9.17, 15) is 18.0 Å². The van der Waals surface area contributed by atoms with Gasteiger partial charge in [0, 0.05) is 0 Å². The molecule has 6 heteroatoms. The van der Waals surface area contributed by atoms with Crippen molar-refractivity contribution < 1.29 is 22.7 Å². The third-order valence-electron chi connectivity index (χ3n) is 3.39. The van der Waals surface area contributed by atoms with Gasteiger partial charge in [-0.15, -0.1) is 0 Å². The Kier molecular flexibility index (Phi) is 5.39. The summed E-state index contributed by atoms with van der Waals surface area (Å²) in [6.07, 6.45) is -4.41. The topological polar surface area (TPSA) is 38.3 Å². The highest BCUT2D eigenvalue weighted by Crippen LogP contribution is 2.26. The molecule has 0 aromatic heterocycles. The Morgan fingerprint density at radius 2 is 1.76 bits per heavy atom. The Balaban J connectivity index is 3.09. The lowest BCUT2D eigenvalue weighted by Crippen LogP contribution is -2.50. The molecule has 0 aliphatic rings. The normalized spacial score (nSPS) is 14.9. The molecule has 0 saturated carbocycles. The molecule has 0 aliphatic carbocycles. The lowest BCUT2D eigenvalue weighted by molar-refractivity contribution is -0.153. The Hall–Kier alpha value is -1.56. The maximum Gasteiger partial charge on any atom is 0.401 e.